The number of ether oxygens (including phenoxy) is 1. The van der Waals surface area contributed by atoms with E-state index >= 15 is 0 Å². The van der Waals surface area contributed by atoms with Gasteiger partial charge in [0.15, 0.2) is 0 Å². The van der Waals surface area contributed by atoms with Gasteiger partial charge in [0.25, 0.3) is 0 Å². The van der Waals surface area contributed by atoms with Gasteiger partial charge in [-0.1, -0.05) is 17.7 Å². The molecule has 3 nitrogen and oxygen atoms in total. The van der Waals surface area contributed by atoms with Crippen LogP contribution in [-0.4, -0.2) is 4.98 Å². The van der Waals surface area contributed by atoms with Gasteiger partial charge in [-0.3, -0.25) is 0 Å². The summed E-state index contributed by atoms with van der Waals surface area (Å²) in [6.07, 6.45) is 4.53. The molecule has 21 heavy (non-hydrogen) atoms. The molecule has 0 fully saturated rings. The molecule has 3 rings (SSSR count). The zero-order chi connectivity index (χ0) is 14.8. The molecule has 1 aromatic carbocycles. The predicted molar refractivity (Wildman–Crippen MR) is 85.0 cm³/mol. The van der Waals surface area contributed by atoms with E-state index in [0.29, 0.717) is 17.4 Å². The van der Waals surface area contributed by atoms with Crippen LogP contribution in [0.2, 0.25) is 5.02 Å². The molecule has 0 spiro atoms. The Kier molecular flexibility index (Phi) is 4.13. The lowest BCUT2D eigenvalue weighted by molar-refractivity contribution is 0.448. The minimum Gasteiger partial charge on any atom is -0.438 e. The Morgan fingerprint density at radius 2 is 2.05 bits per heavy atom. The molecule has 1 aliphatic carbocycles. The molecule has 1 heterocycles. The number of nitrogens with zero attached hydrogens (tertiary/aromatic N) is 1. The molecular formula is C17H19ClN2O. The average molecular weight is 303 g/mol. The van der Waals surface area contributed by atoms with E-state index in [1.54, 1.807) is 0 Å². The topological polar surface area (TPSA) is 48.1 Å². The highest BCUT2D eigenvalue weighted by Crippen LogP contribution is 2.31. The maximum atomic E-state index is 6.05. The minimum atomic E-state index is 0.426. The highest BCUT2D eigenvalue weighted by Gasteiger charge is 2.16. The third-order valence-corrected chi connectivity index (χ3v) is 4.15. The summed E-state index contributed by atoms with van der Waals surface area (Å²) >= 11 is 6.05. The van der Waals surface area contributed by atoms with Crippen molar-refractivity contribution in [1.82, 2.24) is 4.98 Å². The summed E-state index contributed by atoms with van der Waals surface area (Å²) < 4.78 is 6.00. The van der Waals surface area contributed by atoms with Gasteiger partial charge in [0.1, 0.15) is 5.75 Å². The van der Waals surface area contributed by atoms with Gasteiger partial charge in [0, 0.05) is 22.8 Å². The van der Waals surface area contributed by atoms with Crippen molar-refractivity contribution >= 4 is 11.6 Å². The van der Waals surface area contributed by atoms with E-state index in [1.165, 1.54) is 18.4 Å². The molecule has 0 saturated carbocycles. The Morgan fingerprint density at radius 3 is 2.86 bits per heavy atom. The summed E-state index contributed by atoms with van der Waals surface area (Å²) in [5.74, 6) is 1.35. The van der Waals surface area contributed by atoms with E-state index in [2.05, 4.69) is 6.07 Å². The first-order valence-electron chi connectivity index (χ1n) is 7.33. The van der Waals surface area contributed by atoms with Gasteiger partial charge in [0.2, 0.25) is 5.88 Å². The van der Waals surface area contributed by atoms with Crippen molar-refractivity contribution < 1.29 is 4.74 Å². The molecular weight excluding hydrogens is 284 g/mol. The van der Waals surface area contributed by atoms with E-state index in [4.69, 9.17) is 27.1 Å². The van der Waals surface area contributed by atoms with Crippen LogP contribution in [0.3, 0.4) is 0 Å². The summed E-state index contributed by atoms with van der Waals surface area (Å²) in [4.78, 5) is 4.70. The molecule has 0 radical (unpaired) electrons. The lowest BCUT2D eigenvalue weighted by Gasteiger charge is -2.19. The third-order valence-electron chi connectivity index (χ3n) is 3.92. The average Bonchev–Trinajstić information content (AvgIpc) is 2.50. The molecule has 0 atom stereocenters. The number of fused-ring (bicyclic) bond motifs is 1. The fraction of sp³-hybridized carbons (Fsp3) is 0.353. The molecule has 4 heteroatoms. The van der Waals surface area contributed by atoms with Crippen LogP contribution in [0.25, 0.3) is 0 Å². The highest BCUT2D eigenvalue weighted by molar-refractivity contribution is 6.30. The largest absolute Gasteiger partial charge is 0.438 e. The summed E-state index contributed by atoms with van der Waals surface area (Å²) in [6.45, 7) is 2.42. The normalized spacial score (nSPS) is 13.9. The Labute approximate surface area is 130 Å². The molecule has 0 saturated heterocycles. The molecule has 110 valence electrons. The van der Waals surface area contributed by atoms with E-state index in [0.717, 1.165) is 35.4 Å². The van der Waals surface area contributed by atoms with Crippen molar-refractivity contribution in [2.75, 3.05) is 0 Å². The first-order valence-corrected chi connectivity index (χ1v) is 7.71. The smallest absolute Gasteiger partial charge is 0.223 e. The fourth-order valence-corrected chi connectivity index (χ4v) is 2.85. The van der Waals surface area contributed by atoms with Crippen molar-refractivity contribution in [2.24, 2.45) is 5.73 Å². The molecule has 0 bridgehead atoms. The molecule has 2 N–H and O–H groups in total. The van der Waals surface area contributed by atoms with Crippen LogP contribution in [0.5, 0.6) is 11.6 Å². The number of hydrogen-bond donors (Lipinski definition) is 1. The zero-order valence-electron chi connectivity index (χ0n) is 12.2. The van der Waals surface area contributed by atoms with E-state index < -0.39 is 0 Å². The lowest BCUT2D eigenvalue weighted by atomic mass is 9.95. The van der Waals surface area contributed by atoms with Gasteiger partial charge in [0.05, 0.1) is 0 Å². The van der Waals surface area contributed by atoms with E-state index in [9.17, 15) is 0 Å². The maximum Gasteiger partial charge on any atom is 0.223 e. The SMILES string of the molecule is Cc1ccc(Cl)cc1Oc1nc2c(cc1CN)CCCC2. The number of hydrogen-bond acceptors (Lipinski definition) is 3. The van der Waals surface area contributed by atoms with Crippen LogP contribution < -0.4 is 10.5 Å². The second-order valence-corrected chi connectivity index (χ2v) is 5.92. The maximum absolute atomic E-state index is 6.05. The first-order chi connectivity index (χ1) is 10.2. The quantitative estimate of drug-likeness (QED) is 0.925. The van der Waals surface area contributed by atoms with E-state index in [-0.39, 0.29) is 0 Å². The molecule has 2 aromatic rings. The van der Waals surface area contributed by atoms with E-state index in [1.807, 2.05) is 25.1 Å². The second kappa shape index (κ2) is 6.04. The van der Waals surface area contributed by atoms with Gasteiger partial charge in [-0.05, 0) is 61.9 Å². The standard InChI is InChI=1S/C17H19ClN2O/c1-11-6-7-14(18)9-16(11)21-17-13(10-19)8-12-4-2-3-5-15(12)20-17/h6-9H,2-5,10,19H2,1H3. The summed E-state index contributed by atoms with van der Waals surface area (Å²) in [5.41, 5.74) is 10.3. The molecule has 1 aliphatic rings. The number of rotatable bonds is 3. The summed E-state index contributed by atoms with van der Waals surface area (Å²) in [5, 5.41) is 0.655. The van der Waals surface area contributed by atoms with Gasteiger partial charge >= 0.3 is 0 Å². The van der Waals surface area contributed by atoms with Crippen molar-refractivity contribution in [3.8, 4) is 11.6 Å². The van der Waals surface area contributed by atoms with Crippen molar-refractivity contribution in [1.29, 1.82) is 0 Å². The van der Waals surface area contributed by atoms with Crippen LogP contribution in [0.15, 0.2) is 24.3 Å². The van der Waals surface area contributed by atoms with Gasteiger partial charge in [-0.25, -0.2) is 4.98 Å². The predicted octanol–water partition coefficient (Wildman–Crippen LogP) is 4.17. The summed E-state index contributed by atoms with van der Waals surface area (Å²) in [7, 11) is 0. The number of aromatic nitrogens is 1. The van der Waals surface area contributed by atoms with Crippen LogP contribution in [0, 0.1) is 6.92 Å². The second-order valence-electron chi connectivity index (χ2n) is 5.48. The Bertz CT molecular complexity index is 670. The van der Waals surface area contributed by atoms with Gasteiger partial charge in [-0.2, -0.15) is 0 Å². The van der Waals surface area contributed by atoms with Crippen LogP contribution >= 0.6 is 11.6 Å². The minimum absolute atomic E-state index is 0.426. The molecule has 0 aliphatic heterocycles. The van der Waals surface area contributed by atoms with Crippen molar-refractivity contribution in [3.63, 3.8) is 0 Å². The van der Waals surface area contributed by atoms with Crippen LogP contribution in [0.1, 0.15) is 35.2 Å². The van der Waals surface area contributed by atoms with Crippen LogP contribution in [0.4, 0.5) is 0 Å². The Hall–Kier alpha value is -1.58. The third kappa shape index (κ3) is 3.04. The van der Waals surface area contributed by atoms with Crippen LogP contribution in [-0.2, 0) is 19.4 Å². The monoisotopic (exact) mass is 302 g/mol. The number of aryl methyl sites for hydroxylation is 3. The fourth-order valence-electron chi connectivity index (χ4n) is 2.68. The Balaban J connectivity index is 1.99. The molecule has 0 unspecified atom stereocenters. The number of benzene rings is 1. The number of pyridine rings is 1. The number of halogens is 1. The van der Waals surface area contributed by atoms with Gasteiger partial charge < -0.3 is 10.5 Å². The van der Waals surface area contributed by atoms with Crippen molar-refractivity contribution in [3.05, 3.63) is 51.7 Å². The van der Waals surface area contributed by atoms with Gasteiger partial charge in [-0.15, -0.1) is 0 Å². The number of nitrogens with two attached hydrogens (primary N) is 1. The zero-order valence-corrected chi connectivity index (χ0v) is 12.9. The Morgan fingerprint density at radius 1 is 1.24 bits per heavy atom. The molecule has 0 amide bonds. The first kappa shape index (κ1) is 14.4. The van der Waals surface area contributed by atoms with Crippen molar-refractivity contribution in [2.45, 2.75) is 39.2 Å². The summed E-state index contributed by atoms with van der Waals surface area (Å²) in [6, 6.07) is 7.76. The lowest BCUT2D eigenvalue weighted by Crippen LogP contribution is -2.10. The highest BCUT2D eigenvalue weighted by atomic mass is 35.5. The molecule has 1 aromatic heterocycles.